The highest BCUT2D eigenvalue weighted by Gasteiger charge is 2.17. The predicted molar refractivity (Wildman–Crippen MR) is 96.3 cm³/mol. The van der Waals surface area contributed by atoms with Gasteiger partial charge in [0, 0.05) is 30.8 Å². The number of rotatable bonds is 6. The zero-order valence-electron chi connectivity index (χ0n) is 14.4. The van der Waals surface area contributed by atoms with Crippen LogP contribution in [-0.2, 0) is 4.79 Å². The smallest absolute Gasteiger partial charge is 0.269 e. The largest absolute Gasteiger partial charge is 0.496 e. The van der Waals surface area contributed by atoms with E-state index in [0.717, 1.165) is 5.56 Å². The molecule has 2 rings (SSSR count). The number of nitro groups is 1. The van der Waals surface area contributed by atoms with Crippen molar-refractivity contribution < 1.29 is 14.5 Å². The second-order valence-corrected chi connectivity index (χ2v) is 5.55. The number of carbonyl (C=O) groups is 1. The Morgan fingerprint density at radius 1 is 1.24 bits per heavy atom. The van der Waals surface area contributed by atoms with Crippen LogP contribution in [0.1, 0.15) is 24.1 Å². The highest BCUT2D eigenvalue weighted by Crippen LogP contribution is 2.24. The lowest BCUT2D eigenvalue weighted by atomic mass is 10.1. The Hall–Kier alpha value is -3.15. The summed E-state index contributed by atoms with van der Waals surface area (Å²) in [4.78, 5) is 24.4. The van der Waals surface area contributed by atoms with Gasteiger partial charge in [0.15, 0.2) is 0 Å². The molecule has 0 unspecified atom stereocenters. The first-order chi connectivity index (χ1) is 11.9. The van der Waals surface area contributed by atoms with Crippen LogP contribution in [0.5, 0.6) is 5.75 Å². The maximum Gasteiger partial charge on any atom is 0.269 e. The van der Waals surface area contributed by atoms with Crippen LogP contribution in [0, 0.1) is 10.1 Å². The van der Waals surface area contributed by atoms with Crippen LogP contribution >= 0.6 is 0 Å². The first kappa shape index (κ1) is 18.2. The molecule has 0 saturated heterocycles. The number of non-ortho nitro benzene ring substituents is 1. The van der Waals surface area contributed by atoms with Crippen molar-refractivity contribution >= 4 is 17.7 Å². The van der Waals surface area contributed by atoms with Gasteiger partial charge in [0.25, 0.3) is 5.69 Å². The molecular weight excluding hydrogens is 320 g/mol. The number of nitro benzene ring substituents is 1. The molecule has 1 atom stereocenters. The monoisotopic (exact) mass is 340 g/mol. The minimum absolute atomic E-state index is 0.00904. The Labute approximate surface area is 146 Å². The average molecular weight is 340 g/mol. The third kappa shape index (κ3) is 4.44. The van der Waals surface area contributed by atoms with Crippen molar-refractivity contribution in [1.82, 2.24) is 4.90 Å². The van der Waals surface area contributed by atoms with E-state index in [1.165, 1.54) is 23.1 Å². The highest BCUT2D eigenvalue weighted by molar-refractivity contribution is 5.92. The van der Waals surface area contributed by atoms with Gasteiger partial charge in [-0.15, -0.1) is 0 Å². The van der Waals surface area contributed by atoms with Crippen molar-refractivity contribution in [3.63, 3.8) is 0 Å². The summed E-state index contributed by atoms with van der Waals surface area (Å²) in [7, 11) is 3.24. The minimum atomic E-state index is -0.445. The van der Waals surface area contributed by atoms with Crippen molar-refractivity contribution in [1.29, 1.82) is 0 Å². The van der Waals surface area contributed by atoms with Crippen molar-refractivity contribution in [2.75, 3.05) is 14.2 Å². The summed E-state index contributed by atoms with van der Waals surface area (Å²) >= 11 is 0. The second kappa shape index (κ2) is 8.10. The minimum Gasteiger partial charge on any atom is -0.496 e. The Bertz CT molecular complexity index is 802. The molecule has 0 heterocycles. The zero-order chi connectivity index (χ0) is 18.4. The molecule has 0 aliphatic heterocycles. The van der Waals surface area contributed by atoms with E-state index in [1.807, 2.05) is 31.2 Å². The number of likely N-dealkylation sites (N-methyl/N-ethyl adjacent to an activating group) is 1. The van der Waals surface area contributed by atoms with Crippen LogP contribution in [0.3, 0.4) is 0 Å². The third-order valence-corrected chi connectivity index (χ3v) is 4.04. The van der Waals surface area contributed by atoms with Gasteiger partial charge in [-0.25, -0.2) is 0 Å². The molecule has 2 aromatic rings. The summed E-state index contributed by atoms with van der Waals surface area (Å²) in [6.45, 7) is 1.83. The molecule has 0 radical (unpaired) electrons. The van der Waals surface area contributed by atoms with E-state index >= 15 is 0 Å². The molecule has 0 aliphatic carbocycles. The number of ether oxygens (including phenoxy) is 1. The number of hydrogen-bond acceptors (Lipinski definition) is 4. The number of nitrogens with zero attached hydrogens (tertiary/aromatic N) is 2. The van der Waals surface area contributed by atoms with Gasteiger partial charge in [-0.3, -0.25) is 14.9 Å². The average Bonchev–Trinajstić information content (AvgIpc) is 2.65. The van der Waals surface area contributed by atoms with E-state index in [0.29, 0.717) is 11.3 Å². The Morgan fingerprint density at radius 3 is 2.64 bits per heavy atom. The number of para-hydroxylation sites is 1. The number of hydrogen-bond donors (Lipinski definition) is 0. The van der Waals surface area contributed by atoms with Gasteiger partial charge in [0.2, 0.25) is 5.91 Å². The third-order valence-electron chi connectivity index (χ3n) is 4.04. The SMILES string of the molecule is COc1ccccc1/C=C/C(=O)N(C)[C@@H](C)c1cccc([N+](=O)[O-])c1. The number of amides is 1. The fourth-order valence-corrected chi connectivity index (χ4v) is 2.40. The predicted octanol–water partition coefficient (Wildman–Crippen LogP) is 3.84. The summed E-state index contributed by atoms with van der Waals surface area (Å²) in [6, 6.07) is 13.4. The molecule has 0 fully saturated rings. The first-order valence-corrected chi connectivity index (χ1v) is 7.76. The lowest BCUT2D eigenvalue weighted by Gasteiger charge is -2.24. The zero-order valence-corrected chi connectivity index (χ0v) is 14.4. The first-order valence-electron chi connectivity index (χ1n) is 7.76. The lowest BCUT2D eigenvalue weighted by Crippen LogP contribution is -2.28. The Kier molecular flexibility index (Phi) is 5.89. The van der Waals surface area contributed by atoms with E-state index in [1.54, 1.807) is 32.4 Å². The van der Waals surface area contributed by atoms with Gasteiger partial charge >= 0.3 is 0 Å². The summed E-state index contributed by atoms with van der Waals surface area (Å²) in [5, 5.41) is 10.9. The molecule has 0 aromatic heterocycles. The van der Waals surface area contributed by atoms with Gasteiger partial charge in [-0.05, 0) is 24.6 Å². The van der Waals surface area contributed by atoms with E-state index in [-0.39, 0.29) is 17.6 Å². The Balaban J connectivity index is 2.15. The van der Waals surface area contributed by atoms with Crippen LogP contribution < -0.4 is 4.74 Å². The molecule has 2 aromatic carbocycles. The van der Waals surface area contributed by atoms with Gasteiger partial charge in [-0.1, -0.05) is 30.3 Å². The van der Waals surface area contributed by atoms with Crippen molar-refractivity contribution in [3.05, 3.63) is 75.8 Å². The van der Waals surface area contributed by atoms with Crippen LogP contribution in [0.2, 0.25) is 0 Å². The summed E-state index contributed by atoms with van der Waals surface area (Å²) in [6.07, 6.45) is 3.16. The van der Waals surface area contributed by atoms with Gasteiger partial charge in [0.1, 0.15) is 5.75 Å². The fraction of sp³-hybridized carbons (Fsp3) is 0.211. The van der Waals surface area contributed by atoms with Crippen molar-refractivity contribution in [3.8, 4) is 5.75 Å². The highest BCUT2D eigenvalue weighted by atomic mass is 16.6. The molecular formula is C19H20N2O4. The molecule has 0 N–H and O–H groups in total. The molecule has 130 valence electrons. The van der Waals surface area contributed by atoms with Gasteiger partial charge in [-0.2, -0.15) is 0 Å². The van der Waals surface area contributed by atoms with Gasteiger partial charge in [0.05, 0.1) is 18.1 Å². The van der Waals surface area contributed by atoms with Gasteiger partial charge < -0.3 is 9.64 Å². The van der Waals surface area contributed by atoms with Crippen LogP contribution in [0.15, 0.2) is 54.6 Å². The molecule has 6 nitrogen and oxygen atoms in total. The molecule has 0 bridgehead atoms. The number of benzene rings is 2. The summed E-state index contributed by atoms with van der Waals surface area (Å²) < 4.78 is 5.25. The molecule has 25 heavy (non-hydrogen) atoms. The van der Waals surface area contributed by atoms with Crippen LogP contribution in [0.25, 0.3) is 6.08 Å². The number of methoxy groups -OCH3 is 1. The van der Waals surface area contributed by atoms with E-state index in [2.05, 4.69) is 0 Å². The quantitative estimate of drug-likeness (QED) is 0.455. The summed E-state index contributed by atoms with van der Waals surface area (Å²) in [5.74, 6) is 0.478. The normalized spacial score (nSPS) is 12.0. The fourth-order valence-electron chi connectivity index (χ4n) is 2.40. The maximum atomic E-state index is 12.4. The van der Waals surface area contributed by atoms with Crippen molar-refractivity contribution in [2.24, 2.45) is 0 Å². The molecule has 6 heteroatoms. The lowest BCUT2D eigenvalue weighted by molar-refractivity contribution is -0.384. The molecule has 0 saturated carbocycles. The topological polar surface area (TPSA) is 72.7 Å². The van der Waals surface area contributed by atoms with Crippen molar-refractivity contribution in [2.45, 2.75) is 13.0 Å². The maximum absolute atomic E-state index is 12.4. The Morgan fingerprint density at radius 2 is 1.96 bits per heavy atom. The second-order valence-electron chi connectivity index (χ2n) is 5.55. The van der Waals surface area contributed by atoms with Crippen LogP contribution in [-0.4, -0.2) is 29.9 Å². The van der Waals surface area contributed by atoms with E-state index in [4.69, 9.17) is 4.74 Å². The van der Waals surface area contributed by atoms with E-state index in [9.17, 15) is 14.9 Å². The standard InChI is InChI=1S/C19H20N2O4/c1-14(16-8-6-9-17(13-16)21(23)24)20(2)19(22)12-11-15-7-4-5-10-18(15)25-3/h4-14H,1-3H3/b12-11+/t14-/m0/s1. The molecule has 0 spiro atoms. The van der Waals surface area contributed by atoms with E-state index < -0.39 is 4.92 Å². The molecule has 0 aliphatic rings. The summed E-state index contributed by atoms with van der Waals surface area (Å²) in [5.41, 5.74) is 1.51. The number of carbonyl (C=O) groups excluding carboxylic acids is 1. The molecule has 1 amide bonds. The van der Waals surface area contributed by atoms with Crippen LogP contribution in [0.4, 0.5) is 5.69 Å².